The lowest BCUT2D eigenvalue weighted by molar-refractivity contribution is -0.119. The SMILES string of the molecule is CCOc1cc(C2C3=C(CC(C)(C)CC3=O)N(CCc3ccccc3)C3=C2C(=O)CC(C)(C)C3)cc(Cl)c1OC. The smallest absolute Gasteiger partial charge is 0.179 e. The lowest BCUT2D eigenvalue weighted by Gasteiger charge is -2.49. The van der Waals surface area contributed by atoms with Gasteiger partial charge in [0, 0.05) is 47.8 Å². The number of Topliss-reactive ketones (excluding diaryl/α,β-unsaturated/α-hetero) is 2. The molecule has 6 heteroatoms. The Morgan fingerprint density at radius 2 is 1.48 bits per heavy atom. The number of rotatable bonds is 7. The minimum absolute atomic E-state index is 0.107. The molecule has 0 fully saturated rings. The summed E-state index contributed by atoms with van der Waals surface area (Å²) in [5, 5.41) is 0.409. The Balaban J connectivity index is 1.73. The number of benzene rings is 2. The van der Waals surface area contributed by atoms with Gasteiger partial charge in [0.15, 0.2) is 23.1 Å². The summed E-state index contributed by atoms with van der Waals surface area (Å²) in [5.41, 5.74) is 5.27. The quantitative estimate of drug-likeness (QED) is 0.347. The van der Waals surface area contributed by atoms with Crippen LogP contribution in [0.2, 0.25) is 5.02 Å². The standard InChI is InChI=1S/C34H40ClNO4/c1-7-40-28-16-22(15-23(35)32(28)39-6)29-30-24(17-33(2,3)19-26(30)37)36(14-13-21-11-9-8-10-12-21)25-18-34(4,5)20-27(38)31(25)29/h8-12,15-16,29H,7,13-14,17-20H2,1-6H3. The summed E-state index contributed by atoms with van der Waals surface area (Å²) in [6.45, 7) is 11.7. The number of nitrogens with zero attached hydrogens (tertiary/aromatic N) is 1. The van der Waals surface area contributed by atoms with Crippen LogP contribution in [0.5, 0.6) is 11.5 Å². The average molecular weight is 562 g/mol. The van der Waals surface area contributed by atoms with E-state index in [0.717, 1.165) is 47.4 Å². The van der Waals surface area contributed by atoms with Gasteiger partial charge in [-0.25, -0.2) is 0 Å². The molecule has 0 unspecified atom stereocenters. The first kappa shape index (κ1) is 28.5. The first-order valence-corrected chi connectivity index (χ1v) is 14.7. The molecule has 5 rings (SSSR count). The molecule has 2 aromatic rings. The number of allylic oxidation sites excluding steroid dienone is 4. The van der Waals surface area contributed by atoms with Gasteiger partial charge >= 0.3 is 0 Å². The van der Waals surface area contributed by atoms with Gasteiger partial charge in [-0.1, -0.05) is 69.6 Å². The van der Waals surface area contributed by atoms with Crippen LogP contribution < -0.4 is 9.47 Å². The van der Waals surface area contributed by atoms with Gasteiger partial charge in [-0.3, -0.25) is 9.59 Å². The van der Waals surface area contributed by atoms with E-state index in [4.69, 9.17) is 21.1 Å². The summed E-state index contributed by atoms with van der Waals surface area (Å²) in [6, 6.07) is 14.2. The van der Waals surface area contributed by atoms with Crippen LogP contribution in [-0.2, 0) is 16.0 Å². The highest BCUT2D eigenvalue weighted by atomic mass is 35.5. The van der Waals surface area contributed by atoms with Crippen molar-refractivity contribution in [2.45, 2.75) is 72.6 Å². The lowest BCUT2D eigenvalue weighted by atomic mass is 9.63. The van der Waals surface area contributed by atoms with Gasteiger partial charge in [0.2, 0.25) is 0 Å². The van der Waals surface area contributed by atoms with Gasteiger partial charge in [0.25, 0.3) is 0 Å². The van der Waals surface area contributed by atoms with E-state index in [1.54, 1.807) is 7.11 Å². The molecule has 0 N–H and O–H groups in total. The summed E-state index contributed by atoms with van der Waals surface area (Å²) in [7, 11) is 1.56. The van der Waals surface area contributed by atoms with Crippen LogP contribution in [-0.4, -0.2) is 36.7 Å². The largest absolute Gasteiger partial charge is 0.491 e. The zero-order valence-electron chi connectivity index (χ0n) is 24.5. The van der Waals surface area contributed by atoms with Gasteiger partial charge < -0.3 is 14.4 Å². The van der Waals surface area contributed by atoms with E-state index >= 15 is 0 Å². The summed E-state index contributed by atoms with van der Waals surface area (Å²) >= 11 is 6.73. The molecule has 1 heterocycles. The van der Waals surface area contributed by atoms with Gasteiger partial charge in [0.05, 0.1) is 18.7 Å². The third kappa shape index (κ3) is 5.33. The molecule has 0 saturated heterocycles. The molecule has 2 aromatic carbocycles. The molecule has 0 saturated carbocycles. The zero-order valence-corrected chi connectivity index (χ0v) is 25.3. The minimum atomic E-state index is -0.479. The molecule has 2 aliphatic carbocycles. The van der Waals surface area contributed by atoms with Crippen molar-refractivity contribution < 1.29 is 19.1 Å². The number of carbonyl (C=O) groups excluding carboxylic acids is 2. The molecule has 3 aliphatic rings. The maximum atomic E-state index is 14.1. The lowest BCUT2D eigenvalue weighted by Crippen LogP contribution is -2.45. The zero-order chi connectivity index (χ0) is 28.8. The number of carbonyl (C=O) groups is 2. The first-order chi connectivity index (χ1) is 18.9. The Kier molecular flexibility index (Phi) is 7.64. The van der Waals surface area contributed by atoms with Gasteiger partial charge in [-0.15, -0.1) is 0 Å². The van der Waals surface area contributed by atoms with Crippen LogP contribution in [0.25, 0.3) is 0 Å². The Morgan fingerprint density at radius 1 is 0.900 bits per heavy atom. The Bertz CT molecular complexity index is 1350. The summed E-state index contributed by atoms with van der Waals surface area (Å²) in [4.78, 5) is 30.5. The molecule has 0 aromatic heterocycles. The normalized spacial score (nSPS) is 20.4. The number of hydrogen-bond donors (Lipinski definition) is 0. The van der Waals surface area contributed by atoms with Crippen molar-refractivity contribution in [1.82, 2.24) is 4.90 Å². The molecule has 0 radical (unpaired) electrons. The molecule has 0 bridgehead atoms. The number of hydrogen-bond acceptors (Lipinski definition) is 5. The highest BCUT2D eigenvalue weighted by Gasteiger charge is 2.49. The summed E-state index contributed by atoms with van der Waals surface area (Å²) < 4.78 is 11.5. The van der Waals surface area contributed by atoms with E-state index in [1.165, 1.54) is 5.56 Å². The average Bonchev–Trinajstić information content (AvgIpc) is 2.86. The van der Waals surface area contributed by atoms with E-state index in [1.807, 2.05) is 25.1 Å². The van der Waals surface area contributed by atoms with Crippen molar-refractivity contribution >= 4 is 23.2 Å². The molecule has 40 heavy (non-hydrogen) atoms. The van der Waals surface area contributed by atoms with Crippen molar-refractivity contribution in [2.24, 2.45) is 10.8 Å². The minimum Gasteiger partial charge on any atom is -0.491 e. The molecule has 0 amide bonds. The predicted molar refractivity (Wildman–Crippen MR) is 159 cm³/mol. The van der Waals surface area contributed by atoms with Crippen molar-refractivity contribution in [3.63, 3.8) is 0 Å². The highest BCUT2D eigenvalue weighted by molar-refractivity contribution is 6.32. The number of ether oxygens (including phenoxy) is 2. The van der Waals surface area contributed by atoms with Crippen molar-refractivity contribution in [2.75, 3.05) is 20.3 Å². The Hall–Kier alpha value is -3.05. The Labute approximate surface area is 243 Å². The van der Waals surface area contributed by atoms with E-state index in [0.29, 0.717) is 42.5 Å². The number of halogens is 1. The molecule has 5 nitrogen and oxygen atoms in total. The predicted octanol–water partition coefficient (Wildman–Crippen LogP) is 7.68. The van der Waals surface area contributed by atoms with Crippen LogP contribution >= 0.6 is 11.6 Å². The highest BCUT2D eigenvalue weighted by Crippen LogP contribution is 2.55. The van der Waals surface area contributed by atoms with Gasteiger partial charge in [0.1, 0.15) is 0 Å². The maximum Gasteiger partial charge on any atom is 0.179 e. The number of methoxy groups -OCH3 is 1. The third-order valence-electron chi connectivity index (χ3n) is 8.36. The second kappa shape index (κ2) is 10.7. The van der Waals surface area contributed by atoms with Crippen LogP contribution in [0.1, 0.15) is 77.3 Å². The summed E-state index contributed by atoms with van der Waals surface area (Å²) in [6.07, 6.45) is 3.25. The van der Waals surface area contributed by atoms with Crippen LogP contribution in [0.15, 0.2) is 65.0 Å². The monoisotopic (exact) mass is 561 g/mol. The van der Waals surface area contributed by atoms with E-state index in [2.05, 4.69) is 56.9 Å². The molecule has 0 spiro atoms. The second-order valence-electron chi connectivity index (χ2n) is 12.9. The fourth-order valence-corrected chi connectivity index (χ4v) is 7.05. The fraction of sp³-hybridized carbons (Fsp3) is 0.471. The van der Waals surface area contributed by atoms with E-state index < -0.39 is 5.92 Å². The van der Waals surface area contributed by atoms with Gasteiger partial charge in [-0.05, 0) is 60.3 Å². The van der Waals surface area contributed by atoms with E-state index in [-0.39, 0.29) is 22.4 Å². The molecule has 0 atom stereocenters. The molecule has 1 aliphatic heterocycles. The van der Waals surface area contributed by atoms with Crippen LogP contribution in [0.4, 0.5) is 0 Å². The van der Waals surface area contributed by atoms with Gasteiger partial charge in [-0.2, -0.15) is 0 Å². The van der Waals surface area contributed by atoms with Crippen molar-refractivity contribution in [3.8, 4) is 11.5 Å². The molecule has 212 valence electrons. The number of ketones is 2. The van der Waals surface area contributed by atoms with Crippen molar-refractivity contribution in [1.29, 1.82) is 0 Å². The second-order valence-corrected chi connectivity index (χ2v) is 13.3. The summed E-state index contributed by atoms with van der Waals surface area (Å²) in [5.74, 6) is 0.719. The Morgan fingerprint density at radius 3 is 2.00 bits per heavy atom. The van der Waals surface area contributed by atoms with E-state index in [9.17, 15) is 9.59 Å². The molecular weight excluding hydrogens is 522 g/mol. The van der Waals surface area contributed by atoms with Crippen molar-refractivity contribution in [3.05, 3.63) is 81.2 Å². The fourth-order valence-electron chi connectivity index (χ4n) is 6.75. The molecular formula is C34H40ClNO4. The maximum absolute atomic E-state index is 14.1. The third-order valence-corrected chi connectivity index (χ3v) is 8.64. The van der Waals surface area contributed by atoms with Crippen LogP contribution in [0.3, 0.4) is 0 Å². The topological polar surface area (TPSA) is 55.8 Å². The van der Waals surface area contributed by atoms with Crippen LogP contribution in [0, 0.1) is 10.8 Å². The first-order valence-electron chi connectivity index (χ1n) is 14.3.